The number of hydrogen-bond acceptors (Lipinski definition) is 3. The predicted octanol–water partition coefficient (Wildman–Crippen LogP) is 5.65. The summed E-state index contributed by atoms with van der Waals surface area (Å²) in [6.45, 7) is 3.24. The number of hydrogen-bond donors (Lipinski definition) is 0. The Morgan fingerprint density at radius 1 is 1.17 bits per heavy atom. The van der Waals surface area contributed by atoms with E-state index in [0.29, 0.717) is 16.5 Å². The fourth-order valence-corrected chi connectivity index (χ4v) is 5.35. The third kappa shape index (κ3) is 4.28. The van der Waals surface area contributed by atoms with Gasteiger partial charge in [0.2, 0.25) is 5.91 Å². The Balaban J connectivity index is 1.65. The minimum absolute atomic E-state index is 0.0607. The van der Waals surface area contributed by atoms with Gasteiger partial charge in [-0.05, 0) is 49.4 Å². The van der Waals surface area contributed by atoms with Crippen LogP contribution in [-0.2, 0) is 16.1 Å². The van der Waals surface area contributed by atoms with Crippen LogP contribution >= 0.6 is 23.4 Å². The molecule has 1 fully saturated rings. The fraction of sp³-hybridized carbons (Fsp3) is 0.333. The number of anilines is 1. The van der Waals surface area contributed by atoms with Crippen molar-refractivity contribution in [2.45, 2.75) is 50.1 Å². The van der Waals surface area contributed by atoms with Crippen LogP contribution in [0.15, 0.2) is 64.4 Å². The zero-order chi connectivity index (χ0) is 21.1. The highest BCUT2D eigenvalue weighted by Gasteiger charge is 2.31. The second kappa shape index (κ2) is 9.27. The summed E-state index contributed by atoms with van der Waals surface area (Å²) in [5.74, 6) is -0.216. The lowest BCUT2D eigenvalue weighted by Gasteiger charge is -2.35. The van der Waals surface area contributed by atoms with Gasteiger partial charge >= 0.3 is 0 Å². The molecule has 2 aliphatic heterocycles. The minimum Gasteiger partial charge on any atom is -0.336 e. The molecule has 2 heterocycles. The van der Waals surface area contributed by atoms with Crippen LogP contribution < -0.4 is 4.90 Å². The normalized spacial score (nSPS) is 20.4. The zero-order valence-corrected chi connectivity index (χ0v) is 18.6. The summed E-state index contributed by atoms with van der Waals surface area (Å²) in [5.41, 5.74) is 1.73. The molecule has 0 aliphatic carbocycles. The summed E-state index contributed by atoms with van der Waals surface area (Å²) >= 11 is 7.73. The maximum Gasteiger partial charge on any atom is 0.265 e. The molecule has 6 heteroatoms. The molecule has 0 N–H and O–H groups in total. The number of amides is 2. The first-order chi connectivity index (χ1) is 14.6. The van der Waals surface area contributed by atoms with E-state index in [1.165, 1.54) is 17.8 Å². The van der Waals surface area contributed by atoms with Crippen molar-refractivity contribution in [2.75, 3.05) is 11.4 Å². The maximum absolute atomic E-state index is 13.4. The van der Waals surface area contributed by atoms with Gasteiger partial charge in [-0.15, -0.1) is 0 Å². The van der Waals surface area contributed by atoms with Crippen LogP contribution in [0.2, 0.25) is 5.02 Å². The van der Waals surface area contributed by atoms with E-state index in [-0.39, 0.29) is 17.9 Å². The number of fused-ring (bicyclic) bond motifs is 1. The van der Waals surface area contributed by atoms with Crippen LogP contribution in [0.5, 0.6) is 0 Å². The van der Waals surface area contributed by atoms with Gasteiger partial charge in [-0.3, -0.25) is 9.59 Å². The van der Waals surface area contributed by atoms with E-state index in [9.17, 15) is 9.59 Å². The van der Waals surface area contributed by atoms with Crippen LogP contribution in [0.25, 0.3) is 0 Å². The number of benzene rings is 2. The molecule has 0 radical (unpaired) electrons. The molecule has 1 unspecified atom stereocenters. The van der Waals surface area contributed by atoms with E-state index >= 15 is 0 Å². The second-order valence-electron chi connectivity index (χ2n) is 7.65. The van der Waals surface area contributed by atoms with Crippen LogP contribution in [0.1, 0.15) is 38.2 Å². The Morgan fingerprint density at radius 3 is 2.73 bits per heavy atom. The molecule has 2 amide bonds. The highest BCUT2D eigenvalue weighted by molar-refractivity contribution is 8.04. The van der Waals surface area contributed by atoms with Crippen LogP contribution in [0.3, 0.4) is 0 Å². The molecular weight excluding hydrogens is 416 g/mol. The number of carbonyl (C=O) groups excluding carboxylic acids is 2. The SMILES string of the molecule is CCC1CCCCN1C(=O)C=C1Sc2ccccc2N(Cc2ccccc2Cl)C1=O. The van der Waals surface area contributed by atoms with Crippen molar-refractivity contribution >= 4 is 40.9 Å². The Labute approximate surface area is 186 Å². The number of carbonyl (C=O) groups is 2. The number of thioether (sulfide) groups is 1. The first kappa shape index (κ1) is 21.0. The standard InChI is InChI=1S/C24H25ClN2O2S/c1-2-18-10-7-8-14-26(18)23(28)15-22-24(29)27(16-17-9-3-4-11-19(17)25)20-12-5-6-13-21(20)30-22/h3-6,9,11-13,15,18H,2,7-8,10,14,16H2,1H3. The summed E-state index contributed by atoms with van der Waals surface area (Å²) in [6, 6.07) is 15.6. The van der Waals surface area contributed by atoms with Gasteiger partial charge in [0.05, 0.1) is 17.1 Å². The lowest BCUT2D eigenvalue weighted by atomic mass is 10.00. The van der Waals surface area contributed by atoms with Gasteiger partial charge < -0.3 is 9.80 Å². The van der Waals surface area contributed by atoms with Gasteiger partial charge in [0.15, 0.2) is 0 Å². The molecule has 4 rings (SSSR count). The molecule has 156 valence electrons. The second-order valence-corrected chi connectivity index (χ2v) is 9.14. The van der Waals surface area contributed by atoms with Gasteiger partial charge in [-0.2, -0.15) is 0 Å². The smallest absolute Gasteiger partial charge is 0.265 e. The van der Waals surface area contributed by atoms with Crippen molar-refractivity contribution in [1.82, 2.24) is 4.90 Å². The third-order valence-electron chi connectivity index (χ3n) is 5.75. The monoisotopic (exact) mass is 440 g/mol. The molecule has 0 spiro atoms. The molecule has 2 aliphatic rings. The van der Waals surface area contributed by atoms with Gasteiger partial charge in [0.1, 0.15) is 0 Å². The molecule has 1 saturated heterocycles. The van der Waals surface area contributed by atoms with Crippen LogP contribution in [-0.4, -0.2) is 29.3 Å². The van der Waals surface area contributed by atoms with Crippen molar-refractivity contribution in [2.24, 2.45) is 0 Å². The van der Waals surface area contributed by atoms with E-state index in [2.05, 4.69) is 6.92 Å². The lowest BCUT2D eigenvalue weighted by molar-refractivity contribution is -0.130. The van der Waals surface area contributed by atoms with E-state index in [1.54, 1.807) is 4.90 Å². The maximum atomic E-state index is 13.4. The van der Waals surface area contributed by atoms with E-state index < -0.39 is 0 Å². The molecule has 4 nitrogen and oxygen atoms in total. The third-order valence-corrected chi connectivity index (χ3v) is 7.20. The van der Waals surface area contributed by atoms with Crippen molar-refractivity contribution < 1.29 is 9.59 Å². The average Bonchev–Trinajstić information content (AvgIpc) is 2.77. The Bertz CT molecular complexity index is 991. The highest BCUT2D eigenvalue weighted by Crippen LogP contribution is 2.42. The topological polar surface area (TPSA) is 40.6 Å². The van der Waals surface area contributed by atoms with Gasteiger partial charge in [-0.1, -0.05) is 60.6 Å². The quantitative estimate of drug-likeness (QED) is 0.576. The number of halogens is 1. The first-order valence-electron chi connectivity index (χ1n) is 10.4. The molecule has 2 aromatic rings. The number of likely N-dealkylation sites (tertiary alicyclic amines) is 1. The highest BCUT2D eigenvalue weighted by atomic mass is 35.5. The summed E-state index contributed by atoms with van der Waals surface area (Å²) in [7, 11) is 0. The lowest BCUT2D eigenvalue weighted by Crippen LogP contribution is -2.43. The Hall–Kier alpha value is -2.24. The molecule has 0 saturated carbocycles. The van der Waals surface area contributed by atoms with Gasteiger partial charge in [-0.25, -0.2) is 0 Å². The fourth-order valence-electron chi connectivity index (χ4n) is 4.13. The zero-order valence-electron chi connectivity index (χ0n) is 17.0. The summed E-state index contributed by atoms with van der Waals surface area (Å²) in [6.07, 6.45) is 5.70. The Kier molecular flexibility index (Phi) is 6.49. The molecule has 0 aromatic heterocycles. The summed E-state index contributed by atoms with van der Waals surface area (Å²) < 4.78 is 0. The van der Waals surface area contributed by atoms with Gasteiger partial charge in [0, 0.05) is 28.6 Å². The molecule has 1 atom stereocenters. The first-order valence-corrected chi connectivity index (χ1v) is 11.6. The molecule has 0 bridgehead atoms. The van der Waals surface area contributed by atoms with Crippen LogP contribution in [0.4, 0.5) is 5.69 Å². The predicted molar refractivity (Wildman–Crippen MR) is 123 cm³/mol. The summed E-state index contributed by atoms with van der Waals surface area (Å²) in [5, 5.41) is 0.627. The Morgan fingerprint density at radius 2 is 1.93 bits per heavy atom. The van der Waals surface area contributed by atoms with Crippen molar-refractivity contribution in [3.63, 3.8) is 0 Å². The molecule has 2 aromatic carbocycles. The van der Waals surface area contributed by atoms with E-state index in [0.717, 1.165) is 48.4 Å². The number of piperidine rings is 1. The molecular formula is C24H25ClN2O2S. The minimum atomic E-state index is -0.156. The summed E-state index contributed by atoms with van der Waals surface area (Å²) in [4.78, 5) is 31.5. The average molecular weight is 441 g/mol. The van der Waals surface area contributed by atoms with Gasteiger partial charge in [0.25, 0.3) is 5.91 Å². The van der Waals surface area contributed by atoms with Crippen molar-refractivity contribution in [1.29, 1.82) is 0 Å². The number of para-hydroxylation sites is 1. The molecule has 30 heavy (non-hydrogen) atoms. The number of nitrogens with zero attached hydrogens (tertiary/aromatic N) is 2. The van der Waals surface area contributed by atoms with Crippen LogP contribution in [0, 0.1) is 0 Å². The number of rotatable bonds is 4. The van der Waals surface area contributed by atoms with E-state index in [1.807, 2.05) is 53.4 Å². The largest absolute Gasteiger partial charge is 0.336 e. The van der Waals surface area contributed by atoms with E-state index in [4.69, 9.17) is 11.6 Å². The van der Waals surface area contributed by atoms with Crippen molar-refractivity contribution in [3.05, 3.63) is 70.1 Å². The van der Waals surface area contributed by atoms with Crippen molar-refractivity contribution in [3.8, 4) is 0 Å².